The molecular weight excluding hydrogens is 1390 g/mol. The number of hydrogen-bond donors (Lipinski definition) is 0. The van der Waals surface area contributed by atoms with Crippen LogP contribution in [0.1, 0.15) is 134 Å². The Morgan fingerprint density at radius 3 is 1.03 bits per heavy atom. The average Bonchev–Trinajstić information content (AvgIpc) is 1.55. The first kappa shape index (κ1) is 61.9. The monoisotopic (exact) mass is 1490 g/mol. The molecule has 0 spiro atoms. The van der Waals surface area contributed by atoms with E-state index >= 15 is 0 Å². The molecular formula is C101H92N8O4+4. The minimum Gasteiger partial charge on any atom is -0.437 e. The van der Waals surface area contributed by atoms with Crippen LogP contribution in [0.2, 0.25) is 0 Å². The van der Waals surface area contributed by atoms with Crippen LogP contribution in [0, 0.1) is 34.5 Å². The van der Waals surface area contributed by atoms with E-state index in [9.17, 15) is 1.37 Å². The highest BCUT2D eigenvalue weighted by atomic mass is 16.4. The van der Waals surface area contributed by atoms with Gasteiger partial charge in [0.05, 0.1) is 22.3 Å². The van der Waals surface area contributed by atoms with E-state index < -0.39 is 31.4 Å². The van der Waals surface area contributed by atoms with Crippen molar-refractivity contribution >= 4 is 131 Å². The summed E-state index contributed by atoms with van der Waals surface area (Å²) in [6.07, 6.45) is 19.9. The maximum atomic E-state index is 9.18. The first-order valence-electron chi connectivity index (χ1n) is 43.2. The van der Waals surface area contributed by atoms with E-state index in [0.717, 1.165) is 180 Å². The van der Waals surface area contributed by atoms with Gasteiger partial charge in [-0.05, 0) is 203 Å². The van der Waals surface area contributed by atoms with E-state index in [1.807, 2.05) is 129 Å². The summed E-state index contributed by atoms with van der Waals surface area (Å²) in [6.45, 7) is 9.16. The predicted octanol–water partition coefficient (Wildman–Crippen LogP) is 24.3. The summed E-state index contributed by atoms with van der Waals surface area (Å²) >= 11 is 0. The van der Waals surface area contributed by atoms with Gasteiger partial charge in [-0.2, -0.15) is 0 Å². The lowest BCUT2D eigenvalue weighted by atomic mass is 9.83. The van der Waals surface area contributed by atoms with Gasteiger partial charge < -0.3 is 17.7 Å². The Bertz CT molecular complexity index is 7420. The highest BCUT2D eigenvalue weighted by Crippen LogP contribution is 2.48. The zero-order valence-electron chi connectivity index (χ0n) is 74.3. The molecule has 12 heterocycles. The number of aryl methyl sites for hydroxylation is 9. The van der Waals surface area contributed by atoms with Crippen LogP contribution in [0.5, 0.6) is 0 Å². The Morgan fingerprint density at radius 1 is 0.363 bits per heavy atom. The molecule has 1 aliphatic carbocycles. The Balaban J connectivity index is 0.000000111. The Morgan fingerprint density at radius 2 is 0.690 bits per heavy atom. The third kappa shape index (κ3) is 12.4. The van der Waals surface area contributed by atoms with Crippen LogP contribution < -0.4 is 18.3 Å². The fourth-order valence-electron chi connectivity index (χ4n) is 17.5. The van der Waals surface area contributed by atoms with Crippen LogP contribution in [0.3, 0.4) is 0 Å². The first-order chi connectivity index (χ1) is 58.4. The van der Waals surface area contributed by atoms with Crippen LogP contribution in [0.4, 0.5) is 0 Å². The molecule has 0 bridgehead atoms. The lowest BCUT2D eigenvalue weighted by molar-refractivity contribution is -0.661. The van der Waals surface area contributed by atoms with E-state index in [1.54, 1.807) is 49.3 Å². The normalized spacial score (nSPS) is 15.1. The van der Waals surface area contributed by atoms with E-state index in [4.69, 9.17) is 28.6 Å². The van der Waals surface area contributed by atoms with Crippen molar-refractivity contribution in [1.29, 1.82) is 0 Å². The fourth-order valence-corrected chi connectivity index (χ4v) is 17.5. The van der Waals surface area contributed by atoms with Gasteiger partial charge in [-0.15, -0.1) is 0 Å². The van der Waals surface area contributed by atoms with Gasteiger partial charge in [0, 0.05) is 127 Å². The minimum absolute atomic E-state index is 0.310. The van der Waals surface area contributed by atoms with Gasteiger partial charge in [-0.25, -0.2) is 38.2 Å². The second kappa shape index (κ2) is 29.1. The number of benzene rings is 8. The van der Waals surface area contributed by atoms with Gasteiger partial charge in [0.1, 0.15) is 28.2 Å². The molecule has 1 unspecified atom stereocenters. The molecule has 0 N–H and O–H groups in total. The molecule has 12 heteroatoms. The molecule has 113 heavy (non-hydrogen) atoms. The van der Waals surface area contributed by atoms with Gasteiger partial charge in [0.2, 0.25) is 45.6 Å². The number of hydrogen-bond acceptors (Lipinski definition) is 8. The van der Waals surface area contributed by atoms with Crippen LogP contribution >= 0.6 is 0 Å². The molecule has 556 valence electrons. The van der Waals surface area contributed by atoms with E-state index in [2.05, 4.69) is 173 Å². The zero-order chi connectivity index (χ0) is 85.4. The standard InChI is InChI=1S/C28H27N2O.2C25H23N2O.C23H19N2O/c1-18-21-11-6-7-12-22(21)26-23-13-8-15-29-28(23)31-27(26)25(18)24-17-20(14-16-30(24)2)19-9-4-3-5-10-19;2*1-15(2)17-11-12-21(27(4)14-17)22-16(3)18-8-5-6-9-19(18)23-20-10-7-13-26-25(20)28-24(22)23;1-14-10-11-19(25(3)13-14)20-15(2)16-7-4-5-8-17(16)21-18-9-6-12-24-23(18)26-22(20)21/h6-8,11-17,19H,3-5,9-10H2,1-2H3;2*5-15H,1-4H3;4-13H,1-3H3/q4*+1/i19D;1D3,15D;15D;1D3. The first-order valence-corrected chi connectivity index (χ1v) is 38.7. The third-order valence-electron chi connectivity index (χ3n) is 23.1. The van der Waals surface area contributed by atoms with Crippen LogP contribution in [0.15, 0.2) is 261 Å². The van der Waals surface area contributed by atoms with E-state index in [0.29, 0.717) is 34.0 Å². The molecule has 0 amide bonds. The molecule has 1 fully saturated rings. The summed E-state index contributed by atoms with van der Waals surface area (Å²) in [5, 5.41) is 17.6. The zero-order valence-corrected chi connectivity index (χ0v) is 65.3. The third-order valence-corrected chi connectivity index (χ3v) is 23.1. The molecule has 12 nitrogen and oxygen atoms in total. The number of fused-ring (bicyclic) bond motifs is 20. The molecule has 8 aromatic carbocycles. The van der Waals surface area contributed by atoms with E-state index in [1.165, 1.54) is 46.0 Å². The molecule has 1 atom stereocenters. The average molecular weight is 1490 g/mol. The molecule has 20 aromatic rings. The maximum absolute atomic E-state index is 9.18. The molecule has 0 radical (unpaired) electrons. The van der Waals surface area contributed by atoms with Gasteiger partial charge in [0.25, 0.3) is 0 Å². The van der Waals surface area contributed by atoms with Crippen molar-refractivity contribution in [3.8, 4) is 45.0 Å². The second-order valence-corrected chi connectivity index (χ2v) is 30.3. The quantitative estimate of drug-likeness (QED) is 0.145. The largest absolute Gasteiger partial charge is 0.437 e. The maximum Gasteiger partial charge on any atom is 0.227 e. The molecule has 21 rings (SSSR count). The summed E-state index contributed by atoms with van der Waals surface area (Å²) in [7, 11) is 7.85. The molecule has 12 aromatic heterocycles. The number of aromatic nitrogens is 8. The number of nitrogens with zero attached hydrogens (tertiary/aromatic N) is 8. The lowest BCUT2D eigenvalue weighted by Crippen LogP contribution is -2.31. The van der Waals surface area contributed by atoms with Gasteiger partial charge in [-0.1, -0.05) is 144 Å². The lowest BCUT2D eigenvalue weighted by Gasteiger charge is -2.22. The van der Waals surface area contributed by atoms with Crippen LogP contribution in [0.25, 0.3) is 176 Å². The highest BCUT2D eigenvalue weighted by Gasteiger charge is 2.31. The van der Waals surface area contributed by atoms with Crippen molar-refractivity contribution in [2.75, 3.05) is 0 Å². The molecule has 0 aliphatic heterocycles. The van der Waals surface area contributed by atoms with Crippen LogP contribution in [-0.4, -0.2) is 19.9 Å². The molecule has 1 saturated carbocycles. The van der Waals surface area contributed by atoms with E-state index in [-0.39, 0.29) is 0 Å². The van der Waals surface area contributed by atoms with Crippen molar-refractivity contribution in [2.24, 2.45) is 28.2 Å². The Labute approximate surface area is 669 Å². The second-order valence-electron chi connectivity index (χ2n) is 30.3. The van der Waals surface area contributed by atoms with Crippen molar-refractivity contribution in [3.05, 3.63) is 288 Å². The Hall–Kier alpha value is -12.8. The summed E-state index contributed by atoms with van der Waals surface area (Å²) in [5.74, 6) is -2.85. The van der Waals surface area contributed by atoms with Gasteiger partial charge in [-0.3, -0.25) is 0 Å². The van der Waals surface area contributed by atoms with Crippen molar-refractivity contribution in [3.63, 3.8) is 0 Å². The summed E-state index contributed by atoms with van der Waals surface area (Å²) in [6, 6.07) is 65.2. The number of rotatable bonds is 7. The highest BCUT2D eigenvalue weighted by molar-refractivity contribution is 6.26. The number of furan rings is 4. The molecule has 0 saturated heterocycles. The minimum atomic E-state index is -2.43. The van der Waals surface area contributed by atoms with Crippen LogP contribution in [-0.2, 0) is 28.2 Å². The Kier molecular flexibility index (Phi) is 16.0. The fraction of sp³-hybridized carbons (Fsp3) is 0.208. The smallest absolute Gasteiger partial charge is 0.227 e. The number of pyridine rings is 8. The van der Waals surface area contributed by atoms with Crippen molar-refractivity contribution < 1.29 is 48.3 Å². The summed E-state index contributed by atoms with van der Waals surface area (Å²) in [5.41, 5.74) is 21.1. The topological polar surface area (TPSA) is 120 Å². The van der Waals surface area contributed by atoms with Crippen molar-refractivity contribution in [1.82, 2.24) is 19.9 Å². The summed E-state index contributed by atoms with van der Waals surface area (Å²) in [4.78, 5) is 17.8. The van der Waals surface area contributed by atoms with Gasteiger partial charge >= 0.3 is 0 Å². The predicted molar refractivity (Wildman–Crippen MR) is 460 cm³/mol. The van der Waals surface area contributed by atoms with Gasteiger partial charge in [0.15, 0.2) is 47.1 Å². The van der Waals surface area contributed by atoms with Crippen molar-refractivity contribution in [2.45, 2.75) is 112 Å². The molecule has 1 aliphatic rings. The summed E-state index contributed by atoms with van der Waals surface area (Å²) < 4.78 is 106. The SMILES string of the molecule is [2H]C(C)(C)c1ccc(-c2c(C)c3ccccc3c3c2oc2ncccc23)[n+](C)c1.[2H]C([2H])([2H])C([2H])(C)c1ccc(-c2c(C)c3ccccc3c3c2oc2ncccc23)[n+](C)c1.[2H]C([2H])([2H])c1ccc(-c2c(C)c3ccccc3c3c2oc2ncccc23)[n+](C)c1.[2H]C1(c2cc[n+](C)c(-c3c(C)c4ccccc4c4c3oc3ncccc34)c2)CCCCC1.